The van der Waals surface area contributed by atoms with Crippen molar-refractivity contribution in [1.82, 2.24) is 16.0 Å². The van der Waals surface area contributed by atoms with Gasteiger partial charge in [0.05, 0.1) is 45.0 Å². The molecule has 5 N–H and O–H groups in total. The van der Waals surface area contributed by atoms with Crippen LogP contribution in [-0.2, 0) is 52.5 Å². The molecule has 0 fully saturated rings. The standard InChI is InChI=1S/C39H69N3O13/c1-31(43)35(40-2)16-11-12-20-41-37(47)30-55-27-24-52-22-13-15-34(45)29-54-26-25-53-23-21-42-36(46)19-18-32(39(50)51)28-33(44)14-9-7-5-3-4-6-8-10-17-38(48)49/h32,35,40H,3-30H2,1-2H3,(H,41,47)(H,42,46)(H,48,49)(H,50,51)/t32-,35+/m1/s1. The van der Waals surface area contributed by atoms with E-state index in [0.29, 0.717) is 51.9 Å². The second kappa shape index (κ2) is 36.3. The highest BCUT2D eigenvalue weighted by Gasteiger charge is 2.22. The normalized spacial score (nSPS) is 12.2. The first-order valence-corrected chi connectivity index (χ1v) is 20.0. The summed E-state index contributed by atoms with van der Waals surface area (Å²) in [6.45, 7) is 3.82. The monoisotopic (exact) mass is 787 g/mol. The number of ketones is 3. The van der Waals surface area contributed by atoms with E-state index in [4.69, 9.17) is 24.1 Å². The van der Waals surface area contributed by atoms with Crippen LogP contribution in [0.1, 0.15) is 122 Å². The first-order valence-electron chi connectivity index (χ1n) is 20.0. The van der Waals surface area contributed by atoms with Gasteiger partial charge in [-0.05, 0) is 58.9 Å². The Morgan fingerprint density at radius 1 is 0.527 bits per heavy atom. The Bertz CT molecular complexity index is 1090. The SMILES string of the molecule is CN[C@@H](CCCCNC(=O)COCCOCCCC(=O)COCCOCCNC(=O)CC[C@H](CC(=O)CCCCCCCCCCC(=O)O)C(=O)O)C(C)=O. The number of likely N-dealkylation sites (N-methyl/N-ethyl adjacent to an activating group) is 1. The van der Waals surface area contributed by atoms with Gasteiger partial charge in [-0.3, -0.25) is 33.6 Å². The number of carbonyl (C=O) groups is 7. The molecule has 16 heteroatoms. The summed E-state index contributed by atoms with van der Waals surface area (Å²) in [7, 11) is 1.76. The third-order valence-electron chi connectivity index (χ3n) is 8.77. The molecule has 0 rings (SSSR count). The zero-order valence-electron chi connectivity index (χ0n) is 33.3. The van der Waals surface area contributed by atoms with E-state index in [-0.39, 0.29) is 107 Å². The Morgan fingerprint density at radius 3 is 1.71 bits per heavy atom. The van der Waals surface area contributed by atoms with Gasteiger partial charge in [0.2, 0.25) is 11.8 Å². The van der Waals surface area contributed by atoms with E-state index in [1.54, 1.807) is 14.0 Å². The van der Waals surface area contributed by atoms with Crippen LogP contribution in [0.3, 0.4) is 0 Å². The van der Waals surface area contributed by atoms with Crippen molar-refractivity contribution in [2.24, 2.45) is 5.92 Å². The van der Waals surface area contributed by atoms with Crippen LogP contribution in [0.25, 0.3) is 0 Å². The lowest BCUT2D eigenvalue weighted by molar-refractivity contribution is -0.144. The molecule has 0 saturated carbocycles. The van der Waals surface area contributed by atoms with Crippen molar-refractivity contribution in [3.05, 3.63) is 0 Å². The molecule has 2 amide bonds. The molecule has 318 valence electrons. The molecular formula is C39H69N3O13. The van der Waals surface area contributed by atoms with Crippen molar-refractivity contribution in [1.29, 1.82) is 0 Å². The van der Waals surface area contributed by atoms with E-state index in [9.17, 15) is 38.7 Å². The minimum Gasteiger partial charge on any atom is -0.481 e. The number of Topliss-reactive ketones (excluding diaryl/α,β-unsaturated/α-hetero) is 3. The molecule has 2 atom stereocenters. The van der Waals surface area contributed by atoms with Crippen molar-refractivity contribution in [2.45, 2.75) is 129 Å². The fourth-order valence-corrected chi connectivity index (χ4v) is 5.54. The van der Waals surface area contributed by atoms with Crippen LogP contribution < -0.4 is 16.0 Å². The van der Waals surface area contributed by atoms with Gasteiger partial charge in [-0.25, -0.2) is 0 Å². The van der Waals surface area contributed by atoms with Crippen LogP contribution in [-0.4, -0.2) is 130 Å². The maximum absolute atomic E-state index is 12.3. The molecule has 0 saturated heterocycles. The summed E-state index contributed by atoms with van der Waals surface area (Å²) in [6, 6.07) is -0.146. The highest BCUT2D eigenvalue weighted by Crippen LogP contribution is 2.16. The Kier molecular flexibility index (Phi) is 34.1. The molecule has 55 heavy (non-hydrogen) atoms. The number of rotatable bonds is 41. The van der Waals surface area contributed by atoms with Gasteiger partial charge < -0.3 is 45.1 Å². The molecule has 0 aromatic rings. The molecule has 0 aliphatic carbocycles. The smallest absolute Gasteiger partial charge is 0.306 e. The number of hydrogen-bond donors (Lipinski definition) is 5. The zero-order valence-corrected chi connectivity index (χ0v) is 33.3. The predicted octanol–water partition coefficient (Wildman–Crippen LogP) is 3.41. The van der Waals surface area contributed by atoms with E-state index in [0.717, 1.165) is 57.8 Å². The van der Waals surface area contributed by atoms with Gasteiger partial charge >= 0.3 is 11.9 Å². The van der Waals surface area contributed by atoms with Crippen molar-refractivity contribution >= 4 is 41.1 Å². The summed E-state index contributed by atoms with van der Waals surface area (Å²) >= 11 is 0. The summed E-state index contributed by atoms with van der Waals surface area (Å²) in [5, 5.41) is 26.6. The lowest BCUT2D eigenvalue weighted by Crippen LogP contribution is -2.32. The molecule has 0 spiro atoms. The number of carbonyl (C=O) groups excluding carboxylic acids is 5. The largest absolute Gasteiger partial charge is 0.481 e. The van der Waals surface area contributed by atoms with Crippen LogP contribution in [0.15, 0.2) is 0 Å². The van der Waals surface area contributed by atoms with E-state index in [1.807, 2.05) is 0 Å². The number of carboxylic acid groups (broad SMARTS) is 2. The topological polar surface area (TPSA) is 233 Å². The van der Waals surface area contributed by atoms with Crippen LogP contribution in [0, 0.1) is 5.92 Å². The number of carboxylic acids is 2. The summed E-state index contributed by atoms with van der Waals surface area (Å²) in [5.41, 5.74) is 0. The minimum absolute atomic E-state index is 0.0102. The lowest BCUT2D eigenvalue weighted by Gasteiger charge is -2.12. The zero-order chi connectivity index (χ0) is 40.9. The molecule has 0 bridgehead atoms. The van der Waals surface area contributed by atoms with E-state index >= 15 is 0 Å². The van der Waals surface area contributed by atoms with E-state index in [2.05, 4.69) is 16.0 Å². The maximum atomic E-state index is 12.3. The number of unbranched alkanes of at least 4 members (excludes halogenated alkanes) is 8. The van der Waals surface area contributed by atoms with Crippen molar-refractivity contribution in [3.63, 3.8) is 0 Å². The lowest BCUT2D eigenvalue weighted by atomic mass is 9.94. The van der Waals surface area contributed by atoms with Crippen LogP contribution in [0.2, 0.25) is 0 Å². The van der Waals surface area contributed by atoms with Crippen LogP contribution >= 0.6 is 0 Å². The first-order chi connectivity index (χ1) is 26.5. The summed E-state index contributed by atoms with van der Waals surface area (Å²) in [4.78, 5) is 81.8. The van der Waals surface area contributed by atoms with Crippen molar-refractivity contribution in [3.8, 4) is 0 Å². The third kappa shape index (κ3) is 34.9. The fraction of sp³-hybridized carbons (Fsp3) is 0.821. The summed E-state index contributed by atoms with van der Waals surface area (Å²) in [5.74, 6) is -3.36. The van der Waals surface area contributed by atoms with Crippen LogP contribution in [0.4, 0.5) is 0 Å². The maximum Gasteiger partial charge on any atom is 0.306 e. The van der Waals surface area contributed by atoms with Gasteiger partial charge in [0.15, 0.2) is 5.78 Å². The van der Waals surface area contributed by atoms with Gasteiger partial charge in [0.1, 0.15) is 24.8 Å². The fourth-order valence-electron chi connectivity index (χ4n) is 5.54. The van der Waals surface area contributed by atoms with Gasteiger partial charge in [-0.15, -0.1) is 0 Å². The molecule has 0 aliphatic heterocycles. The Morgan fingerprint density at radius 2 is 1.09 bits per heavy atom. The molecule has 0 heterocycles. The van der Waals surface area contributed by atoms with Gasteiger partial charge in [-0.1, -0.05) is 38.5 Å². The predicted molar refractivity (Wildman–Crippen MR) is 205 cm³/mol. The molecule has 0 aromatic heterocycles. The minimum atomic E-state index is -1.09. The molecular weight excluding hydrogens is 718 g/mol. The highest BCUT2D eigenvalue weighted by atomic mass is 16.5. The first kappa shape index (κ1) is 51.7. The van der Waals surface area contributed by atoms with Gasteiger partial charge in [-0.2, -0.15) is 0 Å². The van der Waals surface area contributed by atoms with Gasteiger partial charge in [0.25, 0.3) is 0 Å². The summed E-state index contributed by atoms with van der Waals surface area (Å²) in [6.07, 6.45) is 10.9. The number of ether oxygens (including phenoxy) is 4. The van der Waals surface area contributed by atoms with E-state index < -0.39 is 17.9 Å². The number of hydrogen-bond acceptors (Lipinski definition) is 12. The van der Waals surface area contributed by atoms with Crippen LogP contribution in [0.5, 0.6) is 0 Å². The quantitative estimate of drug-likeness (QED) is 0.0559. The number of amides is 2. The molecule has 0 aliphatic rings. The highest BCUT2D eigenvalue weighted by molar-refractivity contribution is 5.84. The average Bonchev–Trinajstić information content (AvgIpc) is 3.13. The van der Waals surface area contributed by atoms with Gasteiger partial charge in [0, 0.05) is 51.8 Å². The third-order valence-corrected chi connectivity index (χ3v) is 8.77. The second-order valence-electron chi connectivity index (χ2n) is 13.7. The molecule has 0 unspecified atom stereocenters. The van der Waals surface area contributed by atoms with E-state index in [1.165, 1.54) is 0 Å². The van der Waals surface area contributed by atoms with Crippen molar-refractivity contribution in [2.75, 3.05) is 73.0 Å². The molecule has 0 radical (unpaired) electrons. The average molecular weight is 788 g/mol. The Balaban J connectivity index is 3.67. The van der Waals surface area contributed by atoms with Crippen molar-refractivity contribution < 1.29 is 62.7 Å². The Hall–Kier alpha value is -3.31. The molecule has 16 nitrogen and oxygen atoms in total. The Labute approximate surface area is 326 Å². The summed E-state index contributed by atoms with van der Waals surface area (Å²) < 4.78 is 21.5. The number of nitrogens with one attached hydrogen (secondary N) is 3. The second-order valence-corrected chi connectivity index (χ2v) is 13.7. The number of aliphatic carboxylic acids is 2. The molecule has 0 aromatic carbocycles.